The fourth-order valence-electron chi connectivity index (χ4n) is 4.32. The zero-order valence-electron chi connectivity index (χ0n) is 23.5. The topological polar surface area (TPSA) is 114 Å². The van der Waals surface area contributed by atoms with E-state index in [9.17, 15) is 18.0 Å². The van der Waals surface area contributed by atoms with Gasteiger partial charge >= 0.3 is 0 Å². The average molecular weight is 616 g/mol. The van der Waals surface area contributed by atoms with E-state index in [1.165, 1.54) is 33.5 Å². The summed E-state index contributed by atoms with van der Waals surface area (Å²) in [5, 5.41) is 3.47. The Balaban J connectivity index is 1.42. The van der Waals surface area contributed by atoms with Gasteiger partial charge in [-0.1, -0.05) is 35.9 Å². The number of nitrogens with zero attached hydrogens (tertiary/aromatic N) is 2. The van der Waals surface area contributed by atoms with Crippen LogP contribution in [0.5, 0.6) is 11.5 Å². The number of hydrogen-bond acceptors (Lipinski definition) is 7. The summed E-state index contributed by atoms with van der Waals surface area (Å²) in [4.78, 5) is 28.1. The van der Waals surface area contributed by atoms with Gasteiger partial charge in [0.1, 0.15) is 17.5 Å². The second kappa shape index (κ2) is 14.5. The van der Waals surface area contributed by atoms with Gasteiger partial charge in [-0.2, -0.15) is 4.31 Å². The third-order valence-electron chi connectivity index (χ3n) is 6.85. The Morgan fingerprint density at radius 3 is 2.17 bits per heavy atom. The van der Waals surface area contributed by atoms with Crippen molar-refractivity contribution in [1.82, 2.24) is 14.5 Å². The number of ether oxygens (including phenoxy) is 3. The molecule has 3 aromatic carbocycles. The minimum absolute atomic E-state index is 0.134. The van der Waals surface area contributed by atoms with Gasteiger partial charge in [0.15, 0.2) is 6.61 Å². The van der Waals surface area contributed by atoms with Crippen LogP contribution in [0.15, 0.2) is 77.7 Å². The van der Waals surface area contributed by atoms with Crippen LogP contribution in [0.3, 0.4) is 0 Å². The van der Waals surface area contributed by atoms with Gasteiger partial charge in [0, 0.05) is 31.2 Å². The molecule has 10 nitrogen and oxygen atoms in total. The third-order valence-corrected chi connectivity index (χ3v) is 9.02. The van der Waals surface area contributed by atoms with Gasteiger partial charge in [-0.05, 0) is 66.6 Å². The summed E-state index contributed by atoms with van der Waals surface area (Å²) in [6.45, 7) is 3.05. The van der Waals surface area contributed by atoms with E-state index in [0.717, 1.165) is 11.1 Å². The average Bonchev–Trinajstić information content (AvgIpc) is 3.02. The lowest BCUT2D eigenvalue weighted by Crippen LogP contribution is -2.48. The van der Waals surface area contributed by atoms with E-state index in [4.69, 9.17) is 25.8 Å². The first-order valence-electron chi connectivity index (χ1n) is 13.4. The Kier molecular flexibility index (Phi) is 10.8. The molecule has 0 aromatic heterocycles. The van der Waals surface area contributed by atoms with Gasteiger partial charge in [0.25, 0.3) is 5.91 Å². The molecule has 1 heterocycles. The number of halogens is 1. The van der Waals surface area contributed by atoms with Crippen molar-refractivity contribution < 1.29 is 32.2 Å². The van der Waals surface area contributed by atoms with E-state index in [1.54, 1.807) is 38.3 Å². The number of amides is 2. The Labute approximate surface area is 251 Å². The zero-order chi connectivity index (χ0) is 30.1. The van der Waals surface area contributed by atoms with Crippen LogP contribution in [0.25, 0.3) is 0 Å². The number of morpholine rings is 1. The molecule has 1 unspecified atom stereocenters. The maximum Gasteiger partial charge on any atom is 0.261 e. The van der Waals surface area contributed by atoms with Gasteiger partial charge in [-0.3, -0.25) is 9.59 Å². The van der Waals surface area contributed by atoms with Crippen LogP contribution in [-0.2, 0) is 37.4 Å². The lowest BCUT2D eigenvalue weighted by molar-refractivity contribution is -0.142. The van der Waals surface area contributed by atoms with Crippen LogP contribution < -0.4 is 14.8 Å². The van der Waals surface area contributed by atoms with E-state index in [2.05, 4.69) is 5.32 Å². The molecule has 0 radical (unpaired) electrons. The number of sulfonamides is 1. The van der Waals surface area contributed by atoms with Crippen LogP contribution in [0, 0.1) is 0 Å². The minimum Gasteiger partial charge on any atom is -0.497 e. The first-order valence-corrected chi connectivity index (χ1v) is 15.2. The highest BCUT2D eigenvalue weighted by atomic mass is 35.5. The van der Waals surface area contributed by atoms with Crippen molar-refractivity contribution >= 4 is 33.4 Å². The Hall–Kier alpha value is -3.64. The molecule has 0 bridgehead atoms. The SMILES string of the molecule is COc1ccc(CN(C(=O)COc2ccc(S(=O)(=O)N3CCOCC3)cc2)C(C)C(=O)NCc2ccc(Cl)cc2)cc1. The summed E-state index contributed by atoms with van der Waals surface area (Å²) in [6, 6.07) is 19.5. The number of rotatable bonds is 12. The third kappa shape index (κ3) is 8.22. The Morgan fingerprint density at radius 2 is 1.55 bits per heavy atom. The molecule has 12 heteroatoms. The number of carbonyl (C=O) groups is 2. The standard InChI is InChI=1S/C30H34ClN3O7S/c1-22(30(36)32-19-23-3-7-25(31)8-4-23)34(20-24-5-9-26(39-2)10-6-24)29(35)21-41-27-11-13-28(14-12-27)42(37,38)33-15-17-40-18-16-33/h3-14,22H,15-21H2,1-2H3,(H,32,36). The summed E-state index contributed by atoms with van der Waals surface area (Å²) in [6.07, 6.45) is 0. The van der Waals surface area contributed by atoms with Crippen LogP contribution in [0.1, 0.15) is 18.1 Å². The lowest BCUT2D eigenvalue weighted by Gasteiger charge is -2.29. The summed E-state index contributed by atoms with van der Waals surface area (Å²) in [5.74, 6) is 0.260. The number of methoxy groups -OCH3 is 1. The van der Waals surface area contributed by atoms with Crippen LogP contribution in [0.4, 0.5) is 0 Å². The maximum absolute atomic E-state index is 13.4. The van der Waals surface area contributed by atoms with Crippen molar-refractivity contribution in [3.63, 3.8) is 0 Å². The first kappa shape index (κ1) is 31.3. The van der Waals surface area contributed by atoms with E-state index in [-0.39, 0.29) is 30.5 Å². The van der Waals surface area contributed by atoms with Gasteiger partial charge in [-0.15, -0.1) is 0 Å². The molecule has 0 saturated carbocycles. The van der Waals surface area contributed by atoms with E-state index >= 15 is 0 Å². The molecule has 2 amide bonds. The molecule has 1 N–H and O–H groups in total. The Bertz CT molecular complexity index is 1440. The Morgan fingerprint density at radius 1 is 0.952 bits per heavy atom. The predicted molar refractivity (Wildman–Crippen MR) is 158 cm³/mol. The van der Waals surface area contributed by atoms with Gasteiger partial charge in [-0.25, -0.2) is 8.42 Å². The number of benzene rings is 3. The van der Waals surface area contributed by atoms with E-state index in [1.807, 2.05) is 24.3 Å². The molecule has 1 atom stereocenters. The van der Waals surface area contributed by atoms with E-state index < -0.39 is 22.0 Å². The van der Waals surface area contributed by atoms with Crippen molar-refractivity contribution in [3.05, 3.63) is 88.9 Å². The number of nitrogens with one attached hydrogen (secondary N) is 1. The highest BCUT2D eigenvalue weighted by molar-refractivity contribution is 7.89. The van der Waals surface area contributed by atoms with Crippen LogP contribution in [-0.4, -0.2) is 75.5 Å². The minimum atomic E-state index is -3.65. The monoisotopic (exact) mass is 615 g/mol. The van der Waals surface area contributed by atoms with Crippen molar-refractivity contribution in [3.8, 4) is 11.5 Å². The number of hydrogen-bond donors (Lipinski definition) is 1. The largest absolute Gasteiger partial charge is 0.497 e. The molecule has 3 aromatic rings. The highest BCUT2D eigenvalue weighted by Crippen LogP contribution is 2.21. The molecule has 1 fully saturated rings. The van der Waals surface area contributed by atoms with Crippen molar-refractivity contribution in [2.75, 3.05) is 40.0 Å². The summed E-state index contributed by atoms with van der Waals surface area (Å²) >= 11 is 5.95. The van der Waals surface area contributed by atoms with Gasteiger partial charge in [0.2, 0.25) is 15.9 Å². The first-order chi connectivity index (χ1) is 20.2. The van der Waals surface area contributed by atoms with E-state index in [0.29, 0.717) is 42.8 Å². The second-order valence-corrected chi connectivity index (χ2v) is 12.0. The van der Waals surface area contributed by atoms with Gasteiger partial charge in [0.05, 0.1) is 25.2 Å². The van der Waals surface area contributed by atoms with Crippen LogP contribution in [0.2, 0.25) is 5.02 Å². The zero-order valence-corrected chi connectivity index (χ0v) is 25.1. The molecule has 1 aliphatic rings. The lowest BCUT2D eigenvalue weighted by atomic mass is 10.1. The summed E-state index contributed by atoms with van der Waals surface area (Å²) in [7, 11) is -2.08. The molecule has 0 aliphatic carbocycles. The number of carbonyl (C=O) groups excluding carboxylic acids is 2. The molecule has 224 valence electrons. The fourth-order valence-corrected chi connectivity index (χ4v) is 5.86. The second-order valence-electron chi connectivity index (χ2n) is 9.67. The van der Waals surface area contributed by atoms with Gasteiger partial charge < -0.3 is 24.4 Å². The molecule has 42 heavy (non-hydrogen) atoms. The normalized spacial score (nSPS) is 14.5. The molecule has 1 aliphatic heterocycles. The quantitative estimate of drug-likeness (QED) is 0.332. The van der Waals surface area contributed by atoms with Crippen molar-refractivity contribution in [1.29, 1.82) is 0 Å². The molecular weight excluding hydrogens is 582 g/mol. The summed E-state index contributed by atoms with van der Waals surface area (Å²) in [5.41, 5.74) is 1.68. The van der Waals surface area contributed by atoms with Crippen molar-refractivity contribution in [2.24, 2.45) is 0 Å². The maximum atomic E-state index is 13.4. The highest BCUT2D eigenvalue weighted by Gasteiger charge is 2.28. The predicted octanol–water partition coefficient (Wildman–Crippen LogP) is 3.48. The molecular formula is C30H34ClN3O7S. The molecule has 4 rings (SSSR count). The molecule has 1 saturated heterocycles. The van der Waals surface area contributed by atoms with Crippen LogP contribution >= 0.6 is 11.6 Å². The molecule has 0 spiro atoms. The van der Waals surface area contributed by atoms with Crippen molar-refractivity contribution in [2.45, 2.75) is 31.0 Å². The smallest absolute Gasteiger partial charge is 0.261 e. The summed E-state index contributed by atoms with van der Waals surface area (Å²) < 4.78 is 43.3. The fraction of sp³-hybridized carbons (Fsp3) is 0.333.